The molecule has 19 heavy (non-hydrogen) atoms. The van der Waals surface area contributed by atoms with Crippen molar-refractivity contribution in [2.45, 2.75) is 11.4 Å². The maximum absolute atomic E-state index is 12.0. The molecular formula is C14H13NO3S. The lowest BCUT2D eigenvalue weighted by molar-refractivity contribution is 0.112. The van der Waals surface area contributed by atoms with E-state index in [4.69, 9.17) is 0 Å². The van der Waals surface area contributed by atoms with Crippen molar-refractivity contribution in [1.29, 1.82) is 0 Å². The lowest BCUT2D eigenvalue weighted by Gasteiger charge is -2.07. The highest BCUT2D eigenvalue weighted by molar-refractivity contribution is 7.89. The molecule has 0 fully saturated rings. The van der Waals surface area contributed by atoms with Gasteiger partial charge in [-0.05, 0) is 17.7 Å². The minimum absolute atomic E-state index is 0.0908. The predicted octanol–water partition coefficient (Wildman–Crippen LogP) is 1.98. The zero-order valence-electron chi connectivity index (χ0n) is 10.1. The van der Waals surface area contributed by atoms with Crippen molar-refractivity contribution in [1.82, 2.24) is 4.72 Å². The van der Waals surface area contributed by atoms with Gasteiger partial charge >= 0.3 is 0 Å². The van der Waals surface area contributed by atoms with Gasteiger partial charge < -0.3 is 0 Å². The molecule has 2 rings (SSSR count). The van der Waals surface area contributed by atoms with E-state index in [1.807, 2.05) is 30.3 Å². The summed E-state index contributed by atoms with van der Waals surface area (Å²) in [6, 6.07) is 15.1. The van der Waals surface area contributed by atoms with Crippen LogP contribution < -0.4 is 4.72 Å². The zero-order chi connectivity index (χ0) is 13.7. The summed E-state index contributed by atoms with van der Waals surface area (Å²) >= 11 is 0. The maximum Gasteiger partial charge on any atom is 0.240 e. The van der Waals surface area contributed by atoms with Gasteiger partial charge in [-0.25, -0.2) is 13.1 Å². The molecule has 0 amide bonds. The van der Waals surface area contributed by atoms with Gasteiger partial charge in [-0.2, -0.15) is 0 Å². The van der Waals surface area contributed by atoms with Crippen LogP contribution in [0.3, 0.4) is 0 Å². The number of hydrogen-bond donors (Lipinski definition) is 1. The summed E-state index contributed by atoms with van der Waals surface area (Å²) in [7, 11) is -3.60. The molecule has 1 N–H and O–H groups in total. The third-order valence-electron chi connectivity index (χ3n) is 2.61. The number of hydrogen-bond acceptors (Lipinski definition) is 3. The Balaban J connectivity index is 2.16. The monoisotopic (exact) mass is 275 g/mol. The van der Waals surface area contributed by atoms with E-state index in [0.717, 1.165) is 5.56 Å². The normalized spacial score (nSPS) is 11.2. The van der Waals surface area contributed by atoms with Crippen LogP contribution in [-0.4, -0.2) is 14.7 Å². The number of carbonyl (C=O) groups excluding carboxylic acids is 1. The Morgan fingerprint density at radius 1 is 1.00 bits per heavy atom. The molecule has 0 aliphatic rings. The fourth-order valence-electron chi connectivity index (χ4n) is 1.61. The molecule has 2 aromatic carbocycles. The van der Waals surface area contributed by atoms with Crippen molar-refractivity contribution in [2.24, 2.45) is 0 Å². The maximum atomic E-state index is 12.0. The lowest BCUT2D eigenvalue weighted by atomic mass is 10.2. The first-order chi connectivity index (χ1) is 9.12. The van der Waals surface area contributed by atoms with Crippen LogP contribution in [0.4, 0.5) is 0 Å². The molecule has 0 aliphatic heterocycles. The summed E-state index contributed by atoms with van der Waals surface area (Å²) in [6.45, 7) is 0.217. The standard InChI is InChI=1S/C14H13NO3S/c16-11-13-7-4-8-14(9-13)19(17,18)15-10-12-5-2-1-3-6-12/h1-9,11,15H,10H2. The second kappa shape index (κ2) is 5.77. The summed E-state index contributed by atoms with van der Waals surface area (Å²) in [6.07, 6.45) is 0.621. The fraction of sp³-hybridized carbons (Fsp3) is 0.0714. The minimum atomic E-state index is -3.60. The van der Waals surface area contributed by atoms with Crippen molar-refractivity contribution >= 4 is 16.3 Å². The van der Waals surface area contributed by atoms with Crippen molar-refractivity contribution in [3.8, 4) is 0 Å². The van der Waals surface area contributed by atoms with Gasteiger partial charge in [0.2, 0.25) is 10.0 Å². The first kappa shape index (κ1) is 13.5. The van der Waals surface area contributed by atoms with Crippen LogP contribution in [-0.2, 0) is 16.6 Å². The van der Waals surface area contributed by atoms with E-state index in [9.17, 15) is 13.2 Å². The molecule has 0 aromatic heterocycles. The van der Waals surface area contributed by atoms with Gasteiger partial charge in [0.1, 0.15) is 6.29 Å². The molecule has 4 nitrogen and oxygen atoms in total. The van der Waals surface area contributed by atoms with E-state index in [0.29, 0.717) is 11.8 Å². The number of benzene rings is 2. The van der Waals surface area contributed by atoms with E-state index < -0.39 is 10.0 Å². The van der Waals surface area contributed by atoms with Gasteiger partial charge in [-0.1, -0.05) is 42.5 Å². The number of aldehydes is 1. The Morgan fingerprint density at radius 2 is 1.74 bits per heavy atom. The Hall–Kier alpha value is -1.98. The van der Waals surface area contributed by atoms with Crippen LogP contribution in [0.15, 0.2) is 59.5 Å². The number of nitrogens with one attached hydrogen (secondary N) is 1. The number of carbonyl (C=O) groups is 1. The van der Waals surface area contributed by atoms with Gasteiger partial charge in [0.25, 0.3) is 0 Å². The average molecular weight is 275 g/mol. The van der Waals surface area contributed by atoms with Gasteiger partial charge in [0.15, 0.2) is 0 Å². The Labute approximate surface area is 112 Å². The van der Waals surface area contributed by atoms with E-state index in [1.54, 1.807) is 12.1 Å². The third kappa shape index (κ3) is 3.49. The smallest absolute Gasteiger partial charge is 0.240 e. The summed E-state index contributed by atoms with van der Waals surface area (Å²) in [5, 5.41) is 0. The summed E-state index contributed by atoms with van der Waals surface area (Å²) < 4.78 is 26.6. The Morgan fingerprint density at radius 3 is 2.42 bits per heavy atom. The lowest BCUT2D eigenvalue weighted by Crippen LogP contribution is -2.23. The van der Waals surface area contributed by atoms with Crippen LogP contribution in [0.2, 0.25) is 0 Å². The van der Waals surface area contributed by atoms with E-state index in [2.05, 4.69) is 4.72 Å². The molecule has 0 heterocycles. The van der Waals surface area contributed by atoms with Crippen LogP contribution in [0.5, 0.6) is 0 Å². The molecule has 98 valence electrons. The molecule has 0 bridgehead atoms. The Kier molecular flexibility index (Phi) is 4.09. The molecule has 0 unspecified atom stereocenters. The molecule has 2 aromatic rings. The average Bonchev–Trinajstić information content (AvgIpc) is 2.46. The molecule has 0 spiro atoms. The molecule has 0 saturated heterocycles. The van der Waals surface area contributed by atoms with Gasteiger partial charge in [0, 0.05) is 12.1 Å². The van der Waals surface area contributed by atoms with Crippen LogP contribution in [0.25, 0.3) is 0 Å². The Bertz CT molecular complexity index is 666. The molecule has 0 atom stereocenters. The molecule has 5 heteroatoms. The van der Waals surface area contributed by atoms with Crippen LogP contribution in [0.1, 0.15) is 15.9 Å². The highest BCUT2D eigenvalue weighted by Crippen LogP contribution is 2.11. The third-order valence-corrected chi connectivity index (χ3v) is 4.01. The second-order valence-electron chi connectivity index (χ2n) is 4.00. The van der Waals surface area contributed by atoms with Gasteiger partial charge in [-0.15, -0.1) is 0 Å². The SMILES string of the molecule is O=Cc1cccc(S(=O)(=O)NCc2ccccc2)c1. The second-order valence-corrected chi connectivity index (χ2v) is 5.77. The van der Waals surface area contributed by atoms with E-state index in [1.165, 1.54) is 12.1 Å². The molecule has 0 radical (unpaired) electrons. The topological polar surface area (TPSA) is 63.2 Å². The number of sulfonamides is 1. The first-order valence-corrected chi connectivity index (χ1v) is 7.19. The molecule has 0 saturated carbocycles. The quantitative estimate of drug-likeness (QED) is 0.849. The first-order valence-electron chi connectivity index (χ1n) is 5.71. The highest BCUT2D eigenvalue weighted by Gasteiger charge is 2.13. The number of rotatable bonds is 5. The molecule has 0 aliphatic carbocycles. The molecular weight excluding hydrogens is 262 g/mol. The van der Waals surface area contributed by atoms with E-state index in [-0.39, 0.29) is 11.4 Å². The fourth-order valence-corrected chi connectivity index (χ4v) is 2.68. The van der Waals surface area contributed by atoms with Crippen molar-refractivity contribution in [3.05, 3.63) is 65.7 Å². The highest BCUT2D eigenvalue weighted by atomic mass is 32.2. The van der Waals surface area contributed by atoms with Crippen LogP contribution >= 0.6 is 0 Å². The zero-order valence-corrected chi connectivity index (χ0v) is 10.9. The van der Waals surface area contributed by atoms with Gasteiger partial charge in [0.05, 0.1) is 4.90 Å². The summed E-state index contributed by atoms with van der Waals surface area (Å²) in [5.74, 6) is 0. The van der Waals surface area contributed by atoms with E-state index >= 15 is 0 Å². The van der Waals surface area contributed by atoms with Crippen molar-refractivity contribution < 1.29 is 13.2 Å². The van der Waals surface area contributed by atoms with Crippen molar-refractivity contribution in [2.75, 3.05) is 0 Å². The van der Waals surface area contributed by atoms with Crippen molar-refractivity contribution in [3.63, 3.8) is 0 Å². The minimum Gasteiger partial charge on any atom is -0.298 e. The summed E-state index contributed by atoms with van der Waals surface area (Å²) in [4.78, 5) is 10.7. The van der Waals surface area contributed by atoms with Crippen LogP contribution in [0, 0.1) is 0 Å². The largest absolute Gasteiger partial charge is 0.298 e. The summed E-state index contributed by atoms with van der Waals surface area (Å²) in [5.41, 5.74) is 1.21. The van der Waals surface area contributed by atoms with Gasteiger partial charge in [-0.3, -0.25) is 4.79 Å². The predicted molar refractivity (Wildman–Crippen MR) is 72.3 cm³/mol.